The van der Waals surface area contributed by atoms with Gasteiger partial charge in [0.2, 0.25) is 0 Å². The van der Waals surface area contributed by atoms with E-state index < -0.39 is 17.7 Å². The number of methoxy groups -OCH3 is 3. The fourth-order valence-electron chi connectivity index (χ4n) is 4.09. The molecular weight excluding hydrogens is 460 g/mol. The molecule has 1 aliphatic heterocycles. The van der Waals surface area contributed by atoms with Gasteiger partial charge < -0.3 is 29.1 Å². The summed E-state index contributed by atoms with van der Waals surface area (Å²) in [6.45, 7) is 1.03. The van der Waals surface area contributed by atoms with Crippen molar-refractivity contribution in [3.63, 3.8) is 0 Å². The van der Waals surface area contributed by atoms with Crippen molar-refractivity contribution in [3.8, 4) is 17.2 Å². The molecular formula is C25H29ClN2O6. The summed E-state index contributed by atoms with van der Waals surface area (Å²) >= 11 is 6.25. The van der Waals surface area contributed by atoms with E-state index in [0.29, 0.717) is 41.3 Å². The first kappa shape index (κ1) is 25.4. The van der Waals surface area contributed by atoms with E-state index in [1.54, 1.807) is 30.3 Å². The monoisotopic (exact) mass is 488 g/mol. The highest BCUT2D eigenvalue weighted by Crippen LogP contribution is 2.45. The molecule has 3 rings (SSSR count). The quantitative estimate of drug-likeness (QED) is 0.327. The number of benzene rings is 2. The highest BCUT2D eigenvalue weighted by molar-refractivity contribution is 6.46. The number of hydrogen-bond donors (Lipinski definition) is 1. The fraction of sp³-hybridized carbons (Fsp3) is 0.360. The molecule has 1 amide bonds. The van der Waals surface area contributed by atoms with Gasteiger partial charge in [-0.05, 0) is 51.3 Å². The molecule has 0 aromatic heterocycles. The number of ketones is 1. The summed E-state index contributed by atoms with van der Waals surface area (Å²) in [5.41, 5.74) is 0.790. The van der Waals surface area contributed by atoms with Crippen LogP contribution in [0.25, 0.3) is 5.76 Å². The highest BCUT2D eigenvalue weighted by Gasteiger charge is 2.47. The van der Waals surface area contributed by atoms with Gasteiger partial charge in [0.25, 0.3) is 11.7 Å². The molecule has 0 aliphatic carbocycles. The van der Waals surface area contributed by atoms with Gasteiger partial charge in [-0.15, -0.1) is 0 Å². The highest BCUT2D eigenvalue weighted by atomic mass is 35.5. The van der Waals surface area contributed by atoms with Crippen molar-refractivity contribution in [2.24, 2.45) is 0 Å². The minimum atomic E-state index is -0.868. The molecule has 0 radical (unpaired) electrons. The molecule has 2 aromatic carbocycles. The molecule has 1 aliphatic rings. The van der Waals surface area contributed by atoms with E-state index in [1.165, 1.54) is 32.3 Å². The van der Waals surface area contributed by atoms with Crippen LogP contribution in [0, 0.1) is 0 Å². The predicted molar refractivity (Wildman–Crippen MR) is 130 cm³/mol. The van der Waals surface area contributed by atoms with Crippen molar-refractivity contribution < 1.29 is 28.9 Å². The molecule has 9 heteroatoms. The first-order valence-electron chi connectivity index (χ1n) is 10.7. The number of aliphatic hydroxyl groups is 1. The van der Waals surface area contributed by atoms with Crippen molar-refractivity contribution >= 4 is 29.1 Å². The summed E-state index contributed by atoms with van der Waals surface area (Å²) < 4.78 is 16.2. The molecule has 8 nitrogen and oxygen atoms in total. The Kier molecular flexibility index (Phi) is 8.06. The smallest absolute Gasteiger partial charge is 0.295 e. The molecule has 1 N–H and O–H groups in total. The lowest BCUT2D eigenvalue weighted by Crippen LogP contribution is -2.32. The van der Waals surface area contributed by atoms with Crippen LogP contribution in [0.5, 0.6) is 17.2 Å². The first-order chi connectivity index (χ1) is 16.2. The van der Waals surface area contributed by atoms with E-state index in [9.17, 15) is 14.7 Å². The van der Waals surface area contributed by atoms with Crippen LogP contribution in [-0.2, 0) is 9.59 Å². The van der Waals surface area contributed by atoms with E-state index in [0.717, 1.165) is 6.54 Å². The zero-order valence-corrected chi connectivity index (χ0v) is 20.7. The van der Waals surface area contributed by atoms with E-state index in [4.69, 9.17) is 25.8 Å². The van der Waals surface area contributed by atoms with Crippen LogP contribution in [-0.4, -0.2) is 75.1 Å². The molecule has 2 aromatic rings. The van der Waals surface area contributed by atoms with Crippen molar-refractivity contribution in [1.29, 1.82) is 0 Å². The van der Waals surface area contributed by atoms with Crippen LogP contribution in [0.2, 0.25) is 5.02 Å². The normalized spacial score (nSPS) is 17.4. The minimum Gasteiger partial charge on any atom is -0.507 e. The molecule has 0 bridgehead atoms. The van der Waals surface area contributed by atoms with E-state index in [2.05, 4.69) is 0 Å². The van der Waals surface area contributed by atoms with Crippen molar-refractivity contribution in [2.45, 2.75) is 12.5 Å². The van der Waals surface area contributed by atoms with Crippen molar-refractivity contribution in [3.05, 3.63) is 58.1 Å². The SMILES string of the molecule is COc1ccc(/C(O)=C2\C(=O)C(=O)N(CCCN(C)C)[C@H]2c2cccc(OC)c2OC)cc1Cl. The lowest BCUT2D eigenvalue weighted by molar-refractivity contribution is -0.140. The van der Waals surface area contributed by atoms with Gasteiger partial charge in [0.05, 0.1) is 38.0 Å². The molecule has 1 atom stereocenters. The summed E-state index contributed by atoms with van der Waals surface area (Å²) in [5, 5.41) is 11.5. The fourth-order valence-corrected chi connectivity index (χ4v) is 4.35. The van der Waals surface area contributed by atoms with Gasteiger partial charge in [0.15, 0.2) is 11.5 Å². The summed E-state index contributed by atoms with van der Waals surface area (Å²) in [6, 6.07) is 9.03. The minimum absolute atomic E-state index is 0.0392. The van der Waals surface area contributed by atoms with Gasteiger partial charge in [-0.3, -0.25) is 9.59 Å². The number of nitrogens with zero attached hydrogens (tertiary/aromatic N) is 2. The number of rotatable bonds is 9. The van der Waals surface area contributed by atoms with Crippen molar-refractivity contribution in [1.82, 2.24) is 9.80 Å². The zero-order valence-electron chi connectivity index (χ0n) is 19.9. The molecule has 182 valence electrons. The van der Waals surface area contributed by atoms with Gasteiger partial charge in [-0.2, -0.15) is 0 Å². The lowest BCUT2D eigenvalue weighted by atomic mass is 9.94. The summed E-state index contributed by atoms with van der Waals surface area (Å²) in [7, 11) is 8.35. The van der Waals surface area contributed by atoms with Crippen LogP contribution in [0.15, 0.2) is 42.0 Å². The summed E-state index contributed by atoms with van der Waals surface area (Å²) in [6.07, 6.45) is 0.636. The largest absolute Gasteiger partial charge is 0.507 e. The third-order valence-electron chi connectivity index (χ3n) is 5.70. The average molecular weight is 489 g/mol. The van der Waals surface area contributed by atoms with E-state index in [-0.39, 0.29) is 16.4 Å². The number of carbonyl (C=O) groups is 2. The first-order valence-corrected chi connectivity index (χ1v) is 11.1. The van der Waals surface area contributed by atoms with Gasteiger partial charge >= 0.3 is 0 Å². The molecule has 0 unspecified atom stereocenters. The molecule has 0 saturated carbocycles. The Bertz CT molecular complexity index is 1110. The molecule has 34 heavy (non-hydrogen) atoms. The Morgan fingerprint density at radius 1 is 1.06 bits per heavy atom. The van der Waals surface area contributed by atoms with Crippen LogP contribution in [0.3, 0.4) is 0 Å². The maximum atomic E-state index is 13.2. The van der Waals surface area contributed by atoms with Crippen molar-refractivity contribution in [2.75, 3.05) is 48.5 Å². The second-order valence-corrected chi connectivity index (χ2v) is 8.49. The third kappa shape index (κ3) is 4.83. The molecule has 0 spiro atoms. The number of para-hydroxylation sites is 1. The van der Waals surface area contributed by atoms with Crippen LogP contribution in [0.4, 0.5) is 0 Å². The second-order valence-electron chi connectivity index (χ2n) is 8.08. The Morgan fingerprint density at radius 3 is 2.35 bits per heavy atom. The number of amides is 1. The topological polar surface area (TPSA) is 88.5 Å². The molecule has 1 fully saturated rings. The number of Topliss-reactive ketones (excluding diaryl/α,β-unsaturated/α-hetero) is 1. The van der Waals surface area contributed by atoms with Gasteiger partial charge in [0, 0.05) is 17.7 Å². The predicted octanol–water partition coefficient (Wildman–Crippen LogP) is 3.74. The van der Waals surface area contributed by atoms with Gasteiger partial charge in [0.1, 0.15) is 11.5 Å². The molecule has 1 saturated heterocycles. The maximum Gasteiger partial charge on any atom is 0.295 e. The van der Waals surface area contributed by atoms with Gasteiger partial charge in [-0.1, -0.05) is 23.7 Å². The third-order valence-corrected chi connectivity index (χ3v) is 5.99. The van der Waals surface area contributed by atoms with Gasteiger partial charge in [-0.25, -0.2) is 0 Å². The van der Waals surface area contributed by atoms with Crippen LogP contribution >= 0.6 is 11.6 Å². The summed E-state index contributed by atoms with van der Waals surface area (Å²) in [5.74, 6) is -0.528. The second kappa shape index (κ2) is 10.8. The van der Waals surface area contributed by atoms with Crippen LogP contribution in [0.1, 0.15) is 23.6 Å². The lowest BCUT2D eigenvalue weighted by Gasteiger charge is -2.27. The Hall–Kier alpha value is -3.23. The van der Waals surface area contributed by atoms with Crippen LogP contribution < -0.4 is 14.2 Å². The summed E-state index contributed by atoms with van der Waals surface area (Å²) in [4.78, 5) is 29.8. The standard InChI is InChI=1S/C25H29ClN2O6/c1-27(2)12-7-13-28-21(16-8-6-9-19(33-4)24(16)34-5)20(23(30)25(28)31)22(29)15-10-11-18(32-3)17(26)14-15/h6,8-11,14,21,29H,7,12-13H2,1-5H3/b22-20+/t21-/m0/s1. The number of aliphatic hydroxyl groups excluding tert-OH is 1. The maximum absolute atomic E-state index is 13.2. The Balaban J connectivity index is 2.21. The Morgan fingerprint density at radius 2 is 1.76 bits per heavy atom. The van der Waals surface area contributed by atoms with E-state index in [1.807, 2.05) is 19.0 Å². The molecule has 1 heterocycles. The number of halogens is 1. The number of hydrogen-bond acceptors (Lipinski definition) is 7. The number of ether oxygens (including phenoxy) is 3. The number of likely N-dealkylation sites (tertiary alicyclic amines) is 1. The Labute approximate surface area is 204 Å². The number of carbonyl (C=O) groups excluding carboxylic acids is 2. The van der Waals surface area contributed by atoms with E-state index >= 15 is 0 Å². The zero-order chi connectivity index (χ0) is 25.0. The average Bonchev–Trinajstić information content (AvgIpc) is 3.07.